The van der Waals surface area contributed by atoms with Gasteiger partial charge in [0, 0.05) is 0 Å². The first kappa shape index (κ1) is 15.9. The Kier molecular flexibility index (Phi) is 5.65. The maximum atomic E-state index is 9.27. The molecule has 2 aromatic carbocycles. The largest absolute Gasteiger partial charge is 0.490 e. The van der Waals surface area contributed by atoms with Gasteiger partial charge in [0.25, 0.3) is 0 Å². The number of aliphatic hydroxyl groups excluding tert-OH is 1. The Morgan fingerprint density at radius 3 is 2.57 bits per heavy atom. The monoisotopic (exact) mass is 350 g/mol. The van der Waals surface area contributed by atoms with Crippen molar-refractivity contribution in [2.24, 2.45) is 0 Å². The van der Waals surface area contributed by atoms with Crippen molar-refractivity contribution in [3.05, 3.63) is 57.6 Å². The minimum absolute atomic E-state index is 0.0309. The molecule has 4 heteroatoms. The molecule has 21 heavy (non-hydrogen) atoms. The molecule has 0 unspecified atom stereocenters. The molecule has 0 spiro atoms. The van der Waals surface area contributed by atoms with Crippen LogP contribution in [0.1, 0.15) is 23.6 Å². The van der Waals surface area contributed by atoms with Gasteiger partial charge in [-0.05, 0) is 53.0 Å². The van der Waals surface area contributed by atoms with Crippen LogP contribution in [0.2, 0.25) is 0 Å². The maximum absolute atomic E-state index is 9.27. The van der Waals surface area contributed by atoms with Gasteiger partial charge in [-0.25, -0.2) is 0 Å². The number of aliphatic hydroxyl groups is 1. The predicted molar refractivity (Wildman–Crippen MR) is 86.7 cm³/mol. The van der Waals surface area contributed by atoms with Crippen LogP contribution in [-0.4, -0.2) is 11.7 Å². The number of rotatable bonds is 6. The fourth-order valence-corrected chi connectivity index (χ4v) is 2.68. The van der Waals surface area contributed by atoms with E-state index in [0.717, 1.165) is 15.6 Å². The highest BCUT2D eigenvalue weighted by atomic mass is 79.9. The highest BCUT2D eigenvalue weighted by Gasteiger charge is 2.12. The summed E-state index contributed by atoms with van der Waals surface area (Å²) in [7, 11) is 0. The Labute approximate surface area is 133 Å². The SMILES string of the molecule is CCOc1cc(CO)cc(Br)c1OCc1cccc(C)c1. The molecule has 0 saturated carbocycles. The van der Waals surface area contributed by atoms with Gasteiger partial charge >= 0.3 is 0 Å². The first-order valence-corrected chi connectivity index (χ1v) is 7.67. The average Bonchev–Trinajstić information content (AvgIpc) is 2.46. The molecular formula is C17H19BrO3. The molecule has 0 aliphatic heterocycles. The van der Waals surface area contributed by atoms with Crippen molar-refractivity contribution in [3.8, 4) is 11.5 Å². The third-order valence-corrected chi connectivity index (χ3v) is 3.61. The third kappa shape index (κ3) is 4.22. The molecule has 0 aliphatic rings. The fourth-order valence-electron chi connectivity index (χ4n) is 2.07. The van der Waals surface area contributed by atoms with E-state index in [-0.39, 0.29) is 6.61 Å². The summed E-state index contributed by atoms with van der Waals surface area (Å²) in [6.45, 7) is 4.96. The molecule has 0 heterocycles. The predicted octanol–water partition coefficient (Wildman–Crippen LogP) is 4.23. The summed E-state index contributed by atoms with van der Waals surface area (Å²) in [4.78, 5) is 0. The van der Waals surface area contributed by atoms with Gasteiger partial charge in [-0.3, -0.25) is 0 Å². The van der Waals surface area contributed by atoms with Crippen molar-refractivity contribution >= 4 is 15.9 Å². The Morgan fingerprint density at radius 2 is 1.90 bits per heavy atom. The van der Waals surface area contributed by atoms with E-state index in [4.69, 9.17) is 9.47 Å². The van der Waals surface area contributed by atoms with Gasteiger partial charge in [-0.1, -0.05) is 29.8 Å². The van der Waals surface area contributed by atoms with Crippen LogP contribution >= 0.6 is 15.9 Å². The molecule has 0 radical (unpaired) electrons. The Balaban J connectivity index is 2.22. The van der Waals surface area contributed by atoms with Crippen molar-refractivity contribution in [2.75, 3.05) is 6.61 Å². The highest BCUT2D eigenvalue weighted by Crippen LogP contribution is 2.37. The van der Waals surface area contributed by atoms with Gasteiger partial charge < -0.3 is 14.6 Å². The van der Waals surface area contributed by atoms with Crippen molar-refractivity contribution in [1.29, 1.82) is 0 Å². The molecule has 2 aromatic rings. The smallest absolute Gasteiger partial charge is 0.175 e. The van der Waals surface area contributed by atoms with Crippen LogP contribution in [0.5, 0.6) is 11.5 Å². The van der Waals surface area contributed by atoms with E-state index < -0.39 is 0 Å². The van der Waals surface area contributed by atoms with Gasteiger partial charge in [-0.2, -0.15) is 0 Å². The van der Waals surface area contributed by atoms with Crippen LogP contribution in [0.15, 0.2) is 40.9 Å². The quantitative estimate of drug-likeness (QED) is 0.847. The summed E-state index contributed by atoms with van der Waals surface area (Å²) in [5.41, 5.74) is 3.10. The minimum Gasteiger partial charge on any atom is -0.490 e. The number of benzene rings is 2. The van der Waals surface area contributed by atoms with E-state index in [1.54, 1.807) is 6.07 Å². The minimum atomic E-state index is -0.0309. The molecule has 0 saturated heterocycles. The van der Waals surface area contributed by atoms with E-state index in [1.165, 1.54) is 5.56 Å². The van der Waals surface area contributed by atoms with Crippen LogP contribution in [0, 0.1) is 6.92 Å². The van der Waals surface area contributed by atoms with E-state index >= 15 is 0 Å². The molecule has 1 N–H and O–H groups in total. The summed E-state index contributed by atoms with van der Waals surface area (Å²) in [6.07, 6.45) is 0. The molecule has 0 amide bonds. The lowest BCUT2D eigenvalue weighted by molar-refractivity contribution is 0.262. The second-order valence-electron chi connectivity index (χ2n) is 4.77. The van der Waals surface area contributed by atoms with E-state index in [1.807, 2.05) is 25.1 Å². The van der Waals surface area contributed by atoms with Crippen LogP contribution in [0.25, 0.3) is 0 Å². The van der Waals surface area contributed by atoms with Gasteiger partial charge in [0.05, 0.1) is 17.7 Å². The lowest BCUT2D eigenvalue weighted by Crippen LogP contribution is -2.01. The Morgan fingerprint density at radius 1 is 1.10 bits per heavy atom. The summed E-state index contributed by atoms with van der Waals surface area (Å²) in [5, 5.41) is 9.27. The molecule has 2 rings (SSSR count). The zero-order valence-corrected chi connectivity index (χ0v) is 13.8. The Hall–Kier alpha value is -1.52. The molecule has 112 valence electrons. The van der Waals surface area contributed by atoms with E-state index in [0.29, 0.717) is 24.7 Å². The molecule has 0 bridgehead atoms. The highest BCUT2D eigenvalue weighted by molar-refractivity contribution is 9.10. The lowest BCUT2D eigenvalue weighted by atomic mass is 10.1. The topological polar surface area (TPSA) is 38.7 Å². The summed E-state index contributed by atoms with van der Waals surface area (Å²) >= 11 is 3.48. The maximum Gasteiger partial charge on any atom is 0.175 e. The molecule has 0 atom stereocenters. The number of halogens is 1. The van der Waals surface area contributed by atoms with Gasteiger partial charge in [-0.15, -0.1) is 0 Å². The molecule has 0 fully saturated rings. The van der Waals surface area contributed by atoms with Crippen LogP contribution in [0.4, 0.5) is 0 Å². The summed E-state index contributed by atoms with van der Waals surface area (Å²) < 4.78 is 12.3. The van der Waals surface area contributed by atoms with Gasteiger partial charge in [0.15, 0.2) is 11.5 Å². The first-order valence-electron chi connectivity index (χ1n) is 6.88. The summed E-state index contributed by atoms with van der Waals surface area (Å²) in [5.74, 6) is 1.30. The van der Waals surface area contributed by atoms with Crippen molar-refractivity contribution < 1.29 is 14.6 Å². The molecular weight excluding hydrogens is 332 g/mol. The van der Waals surface area contributed by atoms with Crippen LogP contribution < -0.4 is 9.47 Å². The number of hydrogen-bond acceptors (Lipinski definition) is 3. The normalized spacial score (nSPS) is 10.5. The molecule has 3 nitrogen and oxygen atoms in total. The fraction of sp³-hybridized carbons (Fsp3) is 0.294. The van der Waals surface area contributed by atoms with Gasteiger partial charge in [0.2, 0.25) is 0 Å². The number of aryl methyl sites for hydroxylation is 1. The third-order valence-electron chi connectivity index (χ3n) is 3.02. The van der Waals surface area contributed by atoms with Crippen LogP contribution in [-0.2, 0) is 13.2 Å². The van der Waals surface area contributed by atoms with Crippen LogP contribution in [0.3, 0.4) is 0 Å². The summed E-state index contributed by atoms with van der Waals surface area (Å²) in [6, 6.07) is 11.8. The van der Waals surface area contributed by atoms with Gasteiger partial charge in [0.1, 0.15) is 6.61 Å². The zero-order valence-electron chi connectivity index (χ0n) is 12.2. The second kappa shape index (κ2) is 7.48. The van der Waals surface area contributed by atoms with E-state index in [2.05, 4.69) is 35.0 Å². The second-order valence-corrected chi connectivity index (χ2v) is 5.63. The number of ether oxygens (including phenoxy) is 2. The average molecular weight is 351 g/mol. The zero-order chi connectivity index (χ0) is 15.2. The standard InChI is InChI=1S/C17H19BrO3/c1-3-20-16-9-14(10-19)8-15(18)17(16)21-11-13-6-4-5-12(2)7-13/h4-9,19H,3,10-11H2,1-2H3. The van der Waals surface area contributed by atoms with Crippen molar-refractivity contribution in [1.82, 2.24) is 0 Å². The van der Waals surface area contributed by atoms with Crippen molar-refractivity contribution in [2.45, 2.75) is 27.1 Å². The first-order chi connectivity index (χ1) is 10.1. The molecule has 0 aliphatic carbocycles. The lowest BCUT2D eigenvalue weighted by Gasteiger charge is -2.15. The number of hydrogen-bond donors (Lipinski definition) is 1. The Bertz CT molecular complexity index is 611. The van der Waals surface area contributed by atoms with Crippen molar-refractivity contribution in [3.63, 3.8) is 0 Å². The molecule has 0 aromatic heterocycles. The van der Waals surface area contributed by atoms with E-state index in [9.17, 15) is 5.11 Å².